The molecule has 4 heteroatoms. The molecule has 0 saturated carbocycles. The topological polar surface area (TPSA) is 42.2 Å². The number of benzene rings is 1. The molecule has 3 heterocycles. The lowest BCUT2D eigenvalue weighted by Crippen LogP contribution is -2.32. The lowest BCUT2D eigenvalue weighted by atomic mass is 9.93. The van der Waals surface area contributed by atoms with E-state index in [4.69, 9.17) is 0 Å². The highest BCUT2D eigenvalue weighted by atomic mass is 15.2. The van der Waals surface area contributed by atoms with Crippen LogP contribution in [0.3, 0.4) is 0 Å². The van der Waals surface area contributed by atoms with Crippen molar-refractivity contribution in [1.29, 1.82) is 0 Å². The maximum Gasteiger partial charge on any atom is 0.154 e. The van der Waals surface area contributed by atoms with Crippen molar-refractivity contribution in [2.75, 3.05) is 0 Å². The van der Waals surface area contributed by atoms with Crippen molar-refractivity contribution in [3.05, 3.63) is 54.0 Å². The summed E-state index contributed by atoms with van der Waals surface area (Å²) in [6.45, 7) is 3.17. The average molecular weight is 264 g/mol. The first kappa shape index (κ1) is 11.6. The van der Waals surface area contributed by atoms with Gasteiger partial charge < -0.3 is 5.32 Å². The fraction of sp³-hybridized carbons (Fsp3) is 0.250. The molecule has 0 bridgehead atoms. The molecule has 1 aliphatic rings. The number of aromatic nitrogens is 3. The predicted molar refractivity (Wildman–Crippen MR) is 78.4 cm³/mol. The first-order chi connectivity index (χ1) is 9.79. The van der Waals surface area contributed by atoms with E-state index >= 15 is 0 Å². The van der Waals surface area contributed by atoms with Gasteiger partial charge in [0, 0.05) is 36.6 Å². The summed E-state index contributed by atoms with van der Waals surface area (Å²) in [6, 6.07) is 9.16. The summed E-state index contributed by atoms with van der Waals surface area (Å²) in [4.78, 5) is 4.43. The summed E-state index contributed by atoms with van der Waals surface area (Å²) in [6.07, 6.45) is 6.82. The normalized spacial score (nSPS) is 18.1. The monoisotopic (exact) mass is 264 g/mol. The highest BCUT2D eigenvalue weighted by molar-refractivity contribution is 5.64. The molecule has 4 rings (SSSR count). The minimum atomic E-state index is 0.565. The molecular formula is C16H16N4. The highest BCUT2D eigenvalue weighted by Crippen LogP contribution is 2.25. The fourth-order valence-corrected chi connectivity index (χ4v) is 2.81. The van der Waals surface area contributed by atoms with Crippen molar-refractivity contribution >= 4 is 5.65 Å². The van der Waals surface area contributed by atoms with E-state index in [-0.39, 0.29) is 0 Å². The number of hydrogen-bond donors (Lipinski definition) is 1. The van der Waals surface area contributed by atoms with Crippen molar-refractivity contribution in [2.45, 2.75) is 25.9 Å². The lowest BCUT2D eigenvalue weighted by molar-refractivity contribution is 0.514. The van der Waals surface area contributed by atoms with Crippen molar-refractivity contribution in [3.8, 4) is 11.1 Å². The summed E-state index contributed by atoms with van der Waals surface area (Å²) < 4.78 is 1.81. The van der Waals surface area contributed by atoms with Crippen molar-refractivity contribution in [3.63, 3.8) is 0 Å². The van der Waals surface area contributed by atoms with Gasteiger partial charge in [-0.2, -0.15) is 5.10 Å². The van der Waals surface area contributed by atoms with E-state index in [1.165, 1.54) is 16.7 Å². The Morgan fingerprint density at radius 1 is 1.20 bits per heavy atom. The minimum Gasteiger partial charge on any atom is -0.310 e. The van der Waals surface area contributed by atoms with Crippen LogP contribution < -0.4 is 5.32 Å². The Morgan fingerprint density at radius 2 is 2.15 bits per heavy atom. The van der Waals surface area contributed by atoms with Gasteiger partial charge in [-0.25, -0.2) is 9.50 Å². The molecule has 1 aromatic carbocycles. The number of fused-ring (bicyclic) bond motifs is 2. The second-order valence-electron chi connectivity index (χ2n) is 5.45. The molecule has 2 aromatic heterocycles. The Kier molecular flexibility index (Phi) is 2.57. The van der Waals surface area contributed by atoms with Crippen molar-refractivity contribution in [2.24, 2.45) is 0 Å². The molecule has 1 atom stereocenters. The van der Waals surface area contributed by atoms with E-state index in [0.717, 1.165) is 24.2 Å². The minimum absolute atomic E-state index is 0.565. The Morgan fingerprint density at radius 3 is 3.10 bits per heavy atom. The maximum atomic E-state index is 4.43. The van der Waals surface area contributed by atoms with Crippen LogP contribution in [0.25, 0.3) is 16.8 Å². The van der Waals surface area contributed by atoms with Gasteiger partial charge in [0.05, 0.1) is 6.20 Å². The zero-order valence-electron chi connectivity index (χ0n) is 11.4. The highest BCUT2D eigenvalue weighted by Gasteiger charge is 2.14. The molecule has 0 aliphatic carbocycles. The molecule has 1 N–H and O–H groups in total. The van der Waals surface area contributed by atoms with Gasteiger partial charge in [0.2, 0.25) is 0 Å². The van der Waals surface area contributed by atoms with E-state index in [9.17, 15) is 0 Å². The van der Waals surface area contributed by atoms with Gasteiger partial charge in [0.25, 0.3) is 0 Å². The molecule has 100 valence electrons. The second-order valence-corrected chi connectivity index (χ2v) is 5.45. The first-order valence-electron chi connectivity index (χ1n) is 6.94. The van der Waals surface area contributed by atoms with E-state index in [1.54, 1.807) is 6.20 Å². The van der Waals surface area contributed by atoms with E-state index in [2.05, 4.69) is 40.5 Å². The number of hydrogen-bond acceptors (Lipinski definition) is 3. The third kappa shape index (κ3) is 1.89. The van der Waals surface area contributed by atoms with Crippen LogP contribution in [0.5, 0.6) is 0 Å². The van der Waals surface area contributed by atoms with Crippen LogP contribution >= 0.6 is 0 Å². The van der Waals surface area contributed by atoms with Crippen LogP contribution in [0, 0.1) is 0 Å². The zero-order valence-corrected chi connectivity index (χ0v) is 11.4. The summed E-state index contributed by atoms with van der Waals surface area (Å²) >= 11 is 0. The standard InChI is InChI=1S/C16H16N4/c1-11-6-12-2-3-13(7-14(12)8-17-11)15-9-18-16-4-5-19-20(16)10-15/h2-5,7,9-11,17H,6,8H2,1H3. The fourth-order valence-electron chi connectivity index (χ4n) is 2.81. The van der Waals surface area contributed by atoms with Gasteiger partial charge in [-0.1, -0.05) is 12.1 Å². The molecule has 0 radical (unpaired) electrons. The molecule has 0 amide bonds. The molecule has 0 saturated heterocycles. The molecule has 3 aromatic rings. The van der Waals surface area contributed by atoms with Crippen molar-refractivity contribution < 1.29 is 0 Å². The third-order valence-corrected chi connectivity index (χ3v) is 3.95. The van der Waals surface area contributed by atoms with Gasteiger partial charge in [-0.05, 0) is 36.1 Å². The first-order valence-corrected chi connectivity index (χ1v) is 6.94. The smallest absolute Gasteiger partial charge is 0.154 e. The molecule has 20 heavy (non-hydrogen) atoms. The quantitative estimate of drug-likeness (QED) is 0.734. The summed E-state index contributed by atoms with van der Waals surface area (Å²) in [5.41, 5.74) is 6.02. The Balaban J connectivity index is 1.78. The third-order valence-electron chi connectivity index (χ3n) is 3.95. The van der Waals surface area contributed by atoms with E-state index in [1.807, 2.05) is 23.0 Å². The number of nitrogens with zero attached hydrogens (tertiary/aromatic N) is 3. The molecule has 1 unspecified atom stereocenters. The SMILES string of the molecule is CC1Cc2ccc(-c3cnc4ccnn4c3)cc2CN1. The van der Waals surface area contributed by atoms with Crippen LogP contribution in [0.2, 0.25) is 0 Å². The molecule has 0 fully saturated rings. The average Bonchev–Trinajstić information content (AvgIpc) is 2.94. The van der Waals surface area contributed by atoms with Gasteiger partial charge in [-0.3, -0.25) is 0 Å². The summed E-state index contributed by atoms with van der Waals surface area (Å²) in [5, 5.41) is 7.75. The van der Waals surface area contributed by atoms with Crippen molar-refractivity contribution in [1.82, 2.24) is 19.9 Å². The Hall–Kier alpha value is -2.20. The summed E-state index contributed by atoms with van der Waals surface area (Å²) in [7, 11) is 0. The van der Waals surface area contributed by atoms with E-state index < -0.39 is 0 Å². The molecule has 0 spiro atoms. The van der Waals surface area contributed by atoms with Crippen LogP contribution in [0.15, 0.2) is 42.9 Å². The predicted octanol–water partition coefficient (Wildman–Crippen LogP) is 2.43. The molecule has 1 aliphatic heterocycles. The van der Waals surface area contributed by atoms with Crippen LogP contribution in [0.4, 0.5) is 0 Å². The van der Waals surface area contributed by atoms with Gasteiger partial charge in [-0.15, -0.1) is 0 Å². The zero-order chi connectivity index (χ0) is 13.5. The lowest BCUT2D eigenvalue weighted by Gasteiger charge is -2.23. The van der Waals surface area contributed by atoms with Crippen LogP contribution in [0.1, 0.15) is 18.1 Å². The molecular weight excluding hydrogens is 248 g/mol. The van der Waals surface area contributed by atoms with Gasteiger partial charge in [0.15, 0.2) is 5.65 Å². The number of nitrogens with one attached hydrogen (secondary N) is 1. The van der Waals surface area contributed by atoms with Crippen LogP contribution in [-0.4, -0.2) is 20.6 Å². The van der Waals surface area contributed by atoms with Gasteiger partial charge in [0.1, 0.15) is 0 Å². The second kappa shape index (κ2) is 4.42. The van der Waals surface area contributed by atoms with Gasteiger partial charge >= 0.3 is 0 Å². The molecule has 4 nitrogen and oxygen atoms in total. The largest absolute Gasteiger partial charge is 0.310 e. The maximum absolute atomic E-state index is 4.43. The van der Waals surface area contributed by atoms with E-state index in [0.29, 0.717) is 6.04 Å². The Bertz CT molecular complexity index is 775. The number of rotatable bonds is 1. The Labute approximate surface area is 117 Å². The van der Waals surface area contributed by atoms with Crippen LogP contribution in [-0.2, 0) is 13.0 Å². The summed E-state index contributed by atoms with van der Waals surface area (Å²) in [5.74, 6) is 0.